The summed E-state index contributed by atoms with van der Waals surface area (Å²) in [5, 5.41) is 13.4. The maximum absolute atomic E-state index is 13.5. The molecule has 0 bridgehead atoms. The Morgan fingerprint density at radius 1 is 1.00 bits per heavy atom. The Balaban J connectivity index is 1.60. The summed E-state index contributed by atoms with van der Waals surface area (Å²) in [5.41, 5.74) is 8.73. The summed E-state index contributed by atoms with van der Waals surface area (Å²) >= 11 is 0. The van der Waals surface area contributed by atoms with E-state index in [1.54, 1.807) is 31.2 Å². The van der Waals surface area contributed by atoms with Crippen LogP contribution in [-0.2, 0) is 0 Å². The number of nitrogens with one attached hydrogen (secondary N) is 1. The van der Waals surface area contributed by atoms with Crippen molar-refractivity contribution >= 4 is 33.9 Å². The van der Waals surface area contributed by atoms with Crippen LogP contribution < -0.4 is 10.7 Å². The number of aromatic carboxylic acids is 1. The summed E-state index contributed by atoms with van der Waals surface area (Å²) in [6, 6.07) is 18.3. The standard InChI is InChI=1S/C32H30N2O4/c1-17-14-25(20(4)34-27-9-7-6-8-24(27)32(36)37)31-26(15-17)29(35)19(3)30(38-31)23-12-10-22(11-13-23)28-18(2)16-33-21(28)5/h6-15,20,34H,16H2,1-5H3,(H,36,37). The Hall–Kier alpha value is -4.45. The van der Waals surface area contributed by atoms with Gasteiger partial charge in [-0.2, -0.15) is 0 Å². The number of allylic oxidation sites excluding steroid dienone is 1. The fourth-order valence-corrected chi connectivity index (χ4v) is 5.22. The van der Waals surface area contributed by atoms with Crippen molar-refractivity contribution in [2.75, 3.05) is 11.9 Å². The van der Waals surface area contributed by atoms with E-state index < -0.39 is 5.97 Å². The Kier molecular flexibility index (Phi) is 6.49. The minimum atomic E-state index is -1.01. The second-order valence-corrected chi connectivity index (χ2v) is 9.97. The van der Waals surface area contributed by atoms with E-state index >= 15 is 0 Å². The molecular formula is C32H30N2O4. The molecular weight excluding hydrogens is 476 g/mol. The molecule has 5 rings (SSSR count). The zero-order chi connectivity index (χ0) is 27.1. The van der Waals surface area contributed by atoms with Gasteiger partial charge in [-0.25, -0.2) is 4.79 Å². The summed E-state index contributed by atoms with van der Waals surface area (Å²) in [4.78, 5) is 29.8. The first kappa shape index (κ1) is 25.2. The van der Waals surface area contributed by atoms with Crippen molar-refractivity contribution in [3.8, 4) is 11.3 Å². The molecule has 1 atom stereocenters. The number of hydrogen-bond acceptors (Lipinski definition) is 5. The predicted molar refractivity (Wildman–Crippen MR) is 153 cm³/mol. The second kappa shape index (κ2) is 9.78. The molecule has 0 amide bonds. The highest BCUT2D eigenvalue weighted by Gasteiger charge is 2.21. The number of carboxylic acid groups (broad SMARTS) is 1. The molecule has 6 heteroatoms. The lowest BCUT2D eigenvalue weighted by Gasteiger charge is -2.20. The highest BCUT2D eigenvalue weighted by molar-refractivity contribution is 6.25. The van der Waals surface area contributed by atoms with Gasteiger partial charge in [0.05, 0.1) is 23.5 Å². The Labute approximate surface area is 221 Å². The average molecular weight is 507 g/mol. The van der Waals surface area contributed by atoms with E-state index in [0.29, 0.717) is 28.0 Å². The maximum Gasteiger partial charge on any atom is 0.337 e. The number of hydrogen-bond donors (Lipinski definition) is 2. The molecule has 38 heavy (non-hydrogen) atoms. The number of rotatable bonds is 6. The van der Waals surface area contributed by atoms with Crippen LogP contribution in [0, 0.1) is 13.8 Å². The van der Waals surface area contributed by atoms with Gasteiger partial charge in [0.25, 0.3) is 0 Å². The number of aryl methyl sites for hydroxylation is 1. The number of benzene rings is 3. The van der Waals surface area contributed by atoms with Gasteiger partial charge in [0.2, 0.25) is 0 Å². The molecule has 0 saturated heterocycles. The summed E-state index contributed by atoms with van der Waals surface area (Å²) in [6.45, 7) is 10.5. The van der Waals surface area contributed by atoms with Gasteiger partial charge in [-0.05, 0) is 69.5 Å². The van der Waals surface area contributed by atoms with Crippen molar-refractivity contribution in [2.24, 2.45) is 4.99 Å². The minimum absolute atomic E-state index is 0.0780. The molecule has 0 radical (unpaired) electrons. The number of fused-ring (bicyclic) bond motifs is 1. The van der Waals surface area contributed by atoms with E-state index in [9.17, 15) is 14.7 Å². The van der Waals surface area contributed by atoms with E-state index in [4.69, 9.17) is 4.42 Å². The predicted octanol–water partition coefficient (Wildman–Crippen LogP) is 7.20. The van der Waals surface area contributed by atoms with Crippen LogP contribution >= 0.6 is 0 Å². The largest absolute Gasteiger partial charge is 0.478 e. The lowest BCUT2D eigenvalue weighted by atomic mass is 9.96. The third kappa shape index (κ3) is 4.43. The minimum Gasteiger partial charge on any atom is -0.478 e. The van der Waals surface area contributed by atoms with Gasteiger partial charge in [0.1, 0.15) is 11.3 Å². The van der Waals surface area contributed by atoms with E-state index in [2.05, 4.69) is 17.2 Å². The first-order valence-electron chi connectivity index (χ1n) is 12.6. The molecule has 4 aromatic rings. The SMILES string of the molecule is CC1=NCC(C)=C1c1ccc(-c2oc3c(C(C)Nc4ccccc4C(=O)O)cc(C)cc3c(=O)c2C)cc1. The van der Waals surface area contributed by atoms with Crippen molar-refractivity contribution in [3.63, 3.8) is 0 Å². The van der Waals surface area contributed by atoms with Gasteiger partial charge in [-0.1, -0.05) is 42.5 Å². The van der Waals surface area contributed by atoms with Crippen molar-refractivity contribution < 1.29 is 14.3 Å². The normalized spacial score (nSPS) is 14.1. The Morgan fingerprint density at radius 2 is 1.68 bits per heavy atom. The average Bonchev–Trinajstić information content (AvgIpc) is 3.24. The van der Waals surface area contributed by atoms with Crippen LogP contribution in [-0.4, -0.2) is 23.3 Å². The summed E-state index contributed by atoms with van der Waals surface area (Å²) in [7, 11) is 0. The number of aliphatic imine (C=N–C) groups is 1. The molecule has 1 unspecified atom stereocenters. The van der Waals surface area contributed by atoms with Gasteiger partial charge in [0.15, 0.2) is 5.43 Å². The third-order valence-electron chi connectivity index (χ3n) is 7.17. The highest BCUT2D eigenvalue weighted by atomic mass is 16.4. The molecule has 3 aromatic carbocycles. The summed E-state index contributed by atoms with van der Waals surface area (Å²) < 4.78 is 6.50. The first-order valence-corrected chi connectivity index (χ1v) is 12.6. The van der Waals surface area contributed by atoms with E-state index in [1.807, 2.05) is 57.2 Å². The van der Waals surface area contributed by atoms with Crippen LogP contribution in [0.1, 0.15) is 59.4 Å². The zero-order valence-corrected chi connectivity index (χ0v) is 22.2. The number of carbonyl (C=O) groups is 1. The smallest absolute Gasteiger partial charge is 0.337 e. The molecule has 2 heterocycles. The quantitative estimate of drug-likeness (QED) is 0.289. The van der Waals surface area contributed by atoms with Crippen molar-refractivity contribution in [3.05, 3.63) is 104 Å². The fraction of sp³-hybridized carbons (Fsp3) is 0.219. The van der Waals surface area contributed by atoms with E-state index in [-0.39, 0.29) is 17.0 Å². The molecule has 192 valence electrons. The topological polar surface area (TPSA) is 91.9 Å². The zero-order valence-electron chi connectivity index (χ0n) is 22.2. The number of anilines is 1. The lowest BCUT2D eigenvalue weighted by Crippen LogP contribution is -2.14. The molecule has 2 N–H and O–H groups in total. The summed E-state index contributed by atoms with van der Waals surface area (Å²) in [5.74, 6) is -0.480. The monoisotopic (exact) mass is 506 g/mol. The molecule has 1 aliphatic heterocycles. The van der Waals surface area contributed by atoms with Crippen LogP contribution in [0.15, 0.2) is 80.4 Å². The lowest BCUT2D eigenvalue weighted by molar-refractivity contribution is 0.0698. The maximum atomic E-state index is 13.5. The first-order chi connectivity index (χ1) is 18.2. The number of para-hydroxylation sites is 1. The van der Waals surface area contributed by atoms with Crippen molar-refractivity contribution in [1.82, 2.24) is 0 Å². The fourth-order valence-electron chi connectivity index (χ4n) is 5.22. The third-order valence-corrected chi connectivity index (χ3v) is 7.17. The second-order valence-electron chi connectivity index (χ2n) is 9.97. The van der Waals surface area contributed by atoms with Crippen LogP contribution in [0.4, 0.5) is 5.69 Å². The van der Waals surface area contributed by atoms with Crippen LogP contribution in [0.5, 0.6) is 0 Å². The molecule has 0 spiro atoms. The highest BCUT2D eigenvalue weighted by Crippen LogP contribution is 2.34. The molecule has 0 fully saturated rings. The summed E-state index contributed by atoms with van der Waals surface area (Å²) in [6.07, 6.45) is 0. The number of nitrogens with zero attached hydrogens (tertiary/aromatic N) is 1. The van der Waals surface area contributed by atoms with E-state index in [0.717, 1.165) is 34.5 Å². The molecule has 1 aromatic heterocycles. The molecule has 0 aliphatic carbocycles. The van der Waals surface area contributed by atoms with Crippen LogP contribution in [0.2, 0.25) is 0 Å². The van der Waals surface area contributed by atoms with Gasteiger partial charge in [-0.15, -0.1) is 0 Å². The Bertz CT molecular complexity index is 1710. The molecule has 1 aliphatic rings. The van der Waals surface area contributed by atoms with Crippen molar-refractivity contribution in [2.45, 2.75) is 40.7 Å². The molecule has 6 nitrogen and oxygen atoms in total. The molecule has 0 saturated carbocycles. The van der Waals surface area contributed by atoms with Crippen molar-refractivity contribution in [1.29, 1.82) is 0 Å². The van der Waals surface area contributed by atoms with Crippen LogP contribution in [0.25, 0.3) is 27.9 Å². The Morgan fingerprint density at radius 3 is 2.34 bits per heavy atom. The number of carboxylic acids is 1. The van der Waals surface area contributed by atoms with Gasteiger partial charge < -0.3 is 14.8 Å². The van der Waals surface area contributed by atoms with Gasteiger partial charge >= 0.3 is 5.97 Å². The van der Waals surface area contributed by atoms with Crippen LogP contribution in [0.3, 0.4) is 0 Å². The van der Waals surface area contributed by atoms with Gasteiger partial charge in [-0.3, -0.25) is 9.79 Å². The van der Waals surface area contributed by atoms with Gasteiger partial charge in [0, 0.05) is 33.7 Å². The van der Waals surface area contributed by atoms with E-state index in [1.165, 1.54) is 11.1 Å².